The summed E-state index contributed by atoms with van der Waals surface area (Å²) in [4.78, 5) is 11.9. The highest BCUT2D eigenvalue weighted by molar-refractivity contribution is 7.89. The Bertz CT molecular complexity index is 840. The Morgan fingerprint density at radius 2 is 1.79 bits per heavy atom. The maximum atomic E-state index is 12.5. The number of nitrogens with one attached hydrogen (secondary N) is 1. The van der Waals surface area contributed by atoms with Gasteiger partial charge in [-0.05, 0) is 36.2 Å². The van der Waals surface area contributed by atoms with Crippen LogP contribution in [-0.2, 0) is 26.0 Å². The monoisotopic (exact) mass is 344 g/mol. The fraction of sp³-hybridized carbons (Fsp3) is 0.176. The van der Waals surface area contributed by atoms with E-state index in [-0.39, 0.29) is 11.3 Å². The second-order valence-electron chi connectivity index (χ2n) is 5.02. The number of sulfonamides is 1. The molecule has 2 rings (SSSR count). The summed E-state index contributed by atoms with van der Waals surface area (Å²) in [7, 11) is -2.72. The molecular formula is C17H16N2O4S. The van der Waals surface area contributed by atoms with Crippen LogP contribution in [-0.4, -0.2) is 27.5 Å². The molecule has 0 fully saturated rings. The van der Waals surface area contributed by atoms with Gasteiger partial charge >= 0.3 is 5.97 Å². The van der Waals surface area contributed by atoms with Crippen molar-refractivity contribution in [1.29, 1.82) is 5.26 Å². The van der Waals surface area contributed by atoms with E-state index in [1.165, 1.54) is 31.4 Å². The first kappa shape index (κ1) is 17.7. The smallest absolute Gasteiger partial charge is 0.324 e. The van der Waals surface area contributed by atoms with Gasteiger partial charge < -0.3 is 4.74 Å². The third kappa shape index (κ3) is 4.41. The molecule has 1 unspecified atom stereocenters. The molecule has 2 aromatic rings. The summed E-state index contributed by atoms with van der Waals surface area (Å²) in [6.45, 7) is 0. The Morgan fingerprint density at radius 3 is 2.33 bits per heavy atom. The number of benzene rings is 2. The molecule has 0 aromatic heterocycles. The maximum Gasteiger partial charge on any atom is 0.324 e. The first-order valence-corrected chi connectivity index (χ1v) is 8.59. The summed E-state index contributed by atoms with van der Waals surface area (Å²) >= 11 is 0. The van der Waals surface area contributed by atoms with Crippen molar-refractivity contribution in [2.45, 2.75) is 17.4 Å². The van der Waals surface area contributed by atoms with E-state index >= 15 is 0 Å². The number of esters is 1. The van der Waals surface area contributed by atoms with Crippen LogP contribution in [0.2, 0.25) is 0 Å². The molecule has 1 N–H and O–H groups in total. The highest BCUT2D eigenvalue weighted by Gasteiger charge is 2.26. The van der Waals surface area contributed by atoms with Crippen molar-refractivity contribution in [2.75, 3.05) is 7.11 Å². The number of hydrogen-bond donors (Lipinski definition) is 1. The minimum atomic E-state index is -3.92. The predicted molar refractivity (Wildman–Crippen MR) is 87.4 cm³/mol. The fourth-order valence-corrected chi connectivity index (χ4v) is 3.31. The summed E-state index contributed by atoms with van der Waals surface area (Å²) < 4.78 is 32.0. The molecule has 6 nitrogen and oxygen atoms in total. The summed E-state index contributed by atoms with van der Waals surface area (Å²) in [6, 6.07) is 15.3. The standard InChI is InChI=1S/C17H16N2O4S/c1-23-17(20)16(11-13-5-3-2-4-6-13)19-24(21,22)15-9-7-14(12-18)8-10-15/h2-10,16,19H,11H2,1H3. The van der Waals surface area contributed by atoms with E-state index in [9.17, 15) is 13.2 Å². The molecule has 0 aliphatic heterocycles. The second kappa shape index (κ2) is 7.73. The molecule has 2 aromatic carbocycles. The van der Waals surface area contributed by atoms with Gasteiger partial charge in [-0.15, -0.1) is 0 Å². The van der Waals surface area contributed by atoms with Crippen LogP contribution < -0.4 is 4.72 Å². The van der Waals surface area contributed by atoms with Crippen molar-refractivity contribution < 1.29 is 17.9 Å². The molecule has 0 aliphatic rings. The zero-order valence-electron chi connectivity index (χ0n) is 13.0. The first-order valence-electron chi connectivity index (χ1n) is 7.10. The van der Waals surface area contributed by atoms with E-state index < -0.39 is 22.0 Å². The molecule has 0 aliphatic carbocycles. The van der Waals surface area contributed by atoms with Crippen molar-refractivity contribution >= 4 is 16.0 Å². The van der Waals surface area contributed by atoms with Crippen molar-refractivity contribution in [1.82, 2.24) is 4.72 Å². The van der Waals surface area contributed by atoms with Gasteiger partial charge in [-0.2, -0.15) is 9.98 Å². The zero-order valence-corrected chi connectivity index (χ0v) is 13.8. The van der Waals surface area contributed by atoms with Crippen molar-refractivity contribution in [3.63, 3.8) is 0 Å². The maximum absolute atomic E-state index is 12.5. The number of nitriles is 1. The average molecular weight is 344 g/mol. The Kier molecular flexibility index (Phi) is 5.68. The van der Waals surface area contributed by atoms with Crippen LogP contribution in [0, 0.1) is 11.3 Å². The molecule has 0 saturated carbocycles. The lowest BCUT2D eigenvalue weighted by Gasteiger charge is -2.17. The van der Waals surface area contributed by atoms with E-state index in [2.05, 4.69) is 4.72 Å². The van der Waals surface area contributed by atoms with E-state index in [0.29, 0.717) is 5.56 Å². The molecular weight excluding hydrogens is 328 g/mol. The van der Waals surface area contributed by atoms with Crippen molar-refractivity contribution in [2.24, 2.45) is 0 Å². The third-order valence-electron chi connectivity index (χ3n) is 3.36. The van der Waals surface area contributed by atoms with Gasteiger partial charge in [0.2, 0.25) is 10.0 Å². The van der Waals surface area contributed by atoms with E-state index in [0.717, 1.165) is 5.56 Å². The van der Waals surface area contributed by atoms with Crippen LogP contribution in [0.4, 0.5) is 0 Å². The molecule has 0 saturated heterocycles. The number of carbonyl (C=O) groups is 1. The number of ether oxygens (including phenoxy) is 1. The van der Waals surface area contributed by atoms with Crippen molar-refractivity contribution in [3.8, 4) is 6.07 Å². The largest absolute Gasteiger partial charge is 0.468 e. The number of rotatable bonds is 6. The number of carbonyl (C=O) groups excluding carboxylic acids is 1. The van der Waals surface area contributed by atoms with Gasteiger partial charge in [0.15, 0.2) is 0 Å². The summed E-state index contributed by atoms with van der Waals surface area (Å²) in [5, 5.41) is 8.77. The van der Waals surface area contributed by atoms with Crippen molar-refractivity contribution in [3.05, 3.63) is 65.7 Å². The fourth-order valence-electron chi connectivity index (χ4n) is 2.13. The number of hydrogen-bond acceptors (Lipinski definition) is 5. The minimum absolute atomic E-state index is 0.0246. The topological polar surface area (TPSA) is 96.3 Å². The zero-order chi connectivity index (χ0) is 17.6. The Balaban J connectivity index is 2.24. The van der Waals surface area contributed by atoms with Gasteiger partial charge in [0, 0.05) is 0 Å². The first-order chi connectivity index (χ1) is 11.5. The van der Waals surface area contributed by atoms with Crippen LogP contribution in [0.3, 0.4) is 0 Å². The minimum Gasteiger partial charge on any atom is -0.468 e. The lowest BCUT2D eigenvalue weighted by Crippen LogP contribution is -2.42. The van der Waals surface area contributed by atoms with E-state index in [1.54, 1.807) is 24.3 Å². The highest BCUT2D eigenvalue weighted by Crippen LogP contribution is 2.13. The second-order valence-corrected chi connectivity index (χ2v) is 6.74. The molecule has 0 heterocycles. The number of nitrogens with zero attached hydrogens (tertiary/aromatic N) is 1. The van der Waals surface area contributed by atoms with Gasteiger partial charge in [-0.25, -0.2) is 8.42 Å². The third-order valence-corrected chi connectivity index (χ3v) is 4.85. The van der Waals surface area contributed by atoms with Crippen LogP contribution in [0.15, 0.2) is 59.5 Å². The van der Waals surface area contributed by atoms with Gasteiger partial charge in [0.1, 0.15) is 6.04 Å². The van der Waals surface area contributed by atoms with Crippen LogP contribution in [0.1, 0.15) is 11.1 Å². The van der Waals surface area contributed by atoms with E-state index in [1.807, 2.05) is 12.1 Å². The predicted octanol–water partition coefficient (Wildman–Crippen LogP) is 1.62. The summed E-state index contributed by atoms with van der Waals surface area (Å²) in [5.74, 6) is -0.670. The summed E-state index contributed by atoms with van der Waals surface area (Å²) in [6.07, 6.45) is 0.170. The van der Waals surface area contributed by atoms with Crippen LogP contribution in [0.25, 0.3) is 0 Å². The quantitative estimate of drug-likeness (QED) is 0.803. The lowest BCUT2D eigenvalue weighted by molar-refractivity contribution is -0.142. The van der Waals surface area contributed by atoms with Crippen LogP contribution >= 0.6 is 0 Å². The molecule has 0 amide bonds. The molecule has 0 bridgehead atoms. The molecule has 0 radical (unpaired) electrons. The number of methoxy groups -OCH3 is 1. The Labute approximate surface area is 140 Å². The van der Waals surface area contributed by atoms with E-state index in [4.69, 9.17) is 10.00 Å². The molecule has 0 spiro atoms. The Morgan fingerprint density at radius 1 is 1.17 bits per heavy atom. The SMILES string of the molecule is COC(=O)C(Cc1ccccc1)NS(=O)(=O)c1ccc(C#N)cc1. The average Bonchev–Trinajstić information content (AvgIpc) is 2.61. The molecule has 7 heteroatoms. The lowest BCUT2D eigenvalue weighted by atomic mass is 10.1. The Hall–Kier alpha value is -2.69. The highest BCUT2D eigenvalue weighted by atomic mass is 32.2. The summed E-state index contributed by atoms with van der Waals surface area (Å²) in [5.41, 5.74) is 1.15. The molecule has 124 valence electrons. The van der Waals surface area contributed by atoms with Gasteiger partial charge in [0.05, 0.1) is 23.6 Å². The normalized spacial score (nSPS) is 12.2. The van der Waals surface area contributed by atoms with Gasteiger partial charge in [0.25, 0.3) is 0 Å². The van der Waals surface area contributed by atoms with Gasteiger partial charge in [-0.1, -0.05) is 30.3 Å². The van der Waals surface area contributed by atoms with Crippen LogP contribution in [0.5, 0.6) is 0 Å². The molecule has 1 atom stereocenters. The molecule has 24 heavy (non-hydrogen) atoms. The van der Waals surface area contributed by atoms with Gasteiger partial charge in [-0.3, -0.25) is 4.79 Å².